The number of hydrogen-bond donors (Lipinski definition) is 0. The van der Waals surface area contributed by atoms with Gasteiger partial charge in [0.15, 0.2) is 0 Å². The molecule has 1 aliphatic heterocycles. The van der Waals surface area contributed by atoms with Crippen molar-refractivity contribution in [1.29, 1.82) is 0 Å². The Morgan fingerprint density at radius 2 is 1.88 bits per heavy atom. The quantitative estimate of drug-likeness (QED) is 0.857. The molecule has 4 nitrogen and oxygen atoms in total. The van der Waals surface area contributed by atoms with Gasteiger partial charge in [0.1, 0.15) is 0 Å². The van der Waals surface area contributed by atoms with Gasteiger partial charge in [0.25, 0.3) is 5.91 Å². The number of nitrogens with zero attached hydrogens (tertiary/aromatic N) is 2. The second-order valence-electron chi connectivity index (χ2n) is 6.94. The van der Waals surface area contributed by atoms with Crippen molar-refractivity contribution in [3.05, 3.63) is 71.3 Å². The molecule has 0 bridgehead atoms. The molecule has 3 rings (SSSR count). The number of morpholine rings is 1. The fraction of sp³-hybridized carbons (Fsp3) is 0.381. The summed E-state index contributed by atoms with van der Waals surface area (Å²) < 4.78 is 6.13. The van der Waals surface area contributed by atoms with Gasteiger partial charge >= 0.3 is 0 Å². The molecule has 2 aromatic carbocycles. The van der Waals surface area contributed by atoms with Gasteiger partial charge in [-0.05, 0) is 30.2 Å². The smallest absolute Gasteiger partial charge is 0.253 e. The molecule has 1 heterocycles. The molecule has 1 fully saturated rings. The van der Waals surface area contributed by atoms with E-state index in [0.29, 0.717) is 0 Å². The van der Waals surface area contributed by atoms with E-state index >= 15 is 0 Å². The van der Waals surface area contributed by atoms with E-state index in [9.17, 15) is 4.79 Å². The molecule has 0 aliphatic carbocycles. The van der Waals surface area contributed by atoms with Gasteiger partial charge < -0.3 is 9.64 Å². The Balaban J connectivity index is 1.72. The van der Waals surface area contributed by atoms with E-state index in [-0.39, 0.29) is 18.1 Å². The second-order valence-corrected chi connectivity index (χ2v) is 6.94. The van der Waals surface area contributed by atoms with Crippen LogP contribution < -0.4 is 0 Å². The Labute approximate surface area is 150 Å². The van der Waals surface area contributed by atoms with Crippen molar-refractivity contribution >= 4 is 5.91 Å². The second kappa shape index (κ2) is 7.81. The van der Waals surface area contributed by atoms with E-state index in [1.807, 2.05) is 24.3 Å². The standard InChI is InChI=1S/C21H26N2O2/c1-16-13-23(15-20(25-16)18-9-5-4-6-10-18)14-17-8-7-11-19(12-17)21(24)22(2)3/h4-12,16,20H,13-15H2,1-3H3/t16-,20-/m1/s1. The summed E-state index contributed by atoms with van der Waals surface area (Å²) in [5, 5.41) is 0. The van der Waals surface area contributed by atoms with Crippen molar-refractivity contribution in [2.75, 3.05) is 27.2 Å². The lowest BCUT2D eigenvalue weighted by atomic mass is 10.0. The third kappa shape index (κ3) is 4.47. The van der Waals surface area contributed by atoms with E-state index in [0.717, 1.165) is 30.8 Å². The summed E-state index contributed by atoms with van der Waals surface area (Å²) >= 11 is 0. The van der Waals surface area contributed by atoms with Crippen LogP contribution in [0.3, 0.4) is 0 Å². The van der Waals surface area contributed by atoms with Crippen LogP contribution in [-0.4, -0.2) is 49.0 Å². The van der Waals surface area contributed by atoms with Crippen molar-refractivity contribution in [2.45, 2.75) is 25.7 Å². The van der Waals surface area contributed by atoms with Gasteiger partial charge in [-0.3, -0.25) is 9.69 Å². The maximum Gasteiger partial charge on any atom is 0.253 e. The lowest BCUT2D eigenvalue weighted by molar-refractivity contribution is -0.0814. The van der Waals surface area contributed by atoms with E-state index < -0.39 is 0 Å². The molecular weight excluding hydrogens is 312 g/mol. The zero-order valence-corrected chi connectivity index (χ0v) is 15.2. The lowest BCUT2D eigenvalue weighted by Crippen LogP contribution is -2.42. The topological polar surface area (TPSA) is 32.8 Å². The molecule has 4 heteroatoms. The van der Waals surface area contributed by atoms with Gasteiger partial charge in [-0.25, -0.2) is 0 Å². The number of carbonyl (C=O) groups excluding carboxylic acids is 1. The first-order valence-electron chi connectivity index (χ1n) is 8.76. The average molecular weight is 338 g/mol. The number of hydrogen-bond acceptors (Lipinski definition) is 3. The molecule has 1 amide bonds. The van der Waals surface area contributed by atoms with Crippen molar-refractivity contribution in [3.8, 4) is 0 Å². The molecule has 0 radical (unpaired) electrons. The van der Waals surface area contributed by atoms with Crippen LogP contribution in [0.5, 0.6) is 0 Å². The van der Waals surface area contributed by atoms with E-state index in [2.05, 4.69) is 42.2 Å². The molecule has 0 aromatic heterocycles. The molecule has 2 atom stereocenters. The first-order valence-corrected chi connectivity index (χ1v) is 8.76. The van der Waals surface area contributed by atoms with Gasteiger partial charge in [-0.2, -0.15) is 0 Å². The Kier molecular flexibility index (Phi) is 5.51. The van der Waals surface area contributed by atoms with Gasteiger partial charge in [0.05, 0.1) is 12.2 Å². The average Bonchev–Trinajstić information content (AvgIpc) is 2.61. The highest BCUT2D eigenvalue weighted by Crippen LogP contribution is 2.26. The Morgan fingerprint density at radius 3 is 2.60 bits per heavy atom. The minimum absolute atomic E-state index is 0.0411. The molecule has 2 aromatic rings. The van der Waals surface area contributed by atoms with Crippen LogP contribution in [0.2, 0.25) is 0 Å². The van der Waals surface area contributed by atoms with Crippen molar-refractivity contribution < 1.29 is 9.53 Å². The molecule has 25 heavy (non-hydrogen) atoms. The van der Waals surface area contributed by atoms with Crippen LogP contribution in [0.1, 0.15) is 34.5 Å². The fourth-order valence-corrected chi connectivity index (χ4v) is 3.34. The lowest BCUT2D eigenvalue weighted by Gasteiger charge is -2.37. The van der Waals surface area contributed by atoms with Crippen LogP contribution in [0, 0.1) is 0 Å². The van der Waals surface area contributed by atoms with Crippen molar-refractivity contribution in [3.63, 3.8) is 0 Å². The number of benzene rings is 2. The van der Waals surface area contributed by atoms with Crippen LogP contribution in [-0.2, 0) is 11.3 Å². The highest BCUT2D eigenvalue weighted by atomic mass is 16.5. The summed E-state index contributed by atoms with van der Waals surface area (Å²) in [6, 6.07) is 18.3. The van der Waals surface area contributed by atoms with Gasteiger partial charge in [-0.1, -0.05) is 42.5 Å². The minimum atomic E-state index is 0.0411. The van der Waals surface area contributed by atoms with Crippen molar-refractivity contribution in [2.24, 2.45) is 0 Å². The van der Waals surface area contributed by atoms with Crippen LogP contribution in [0.25, 0.3) is 0 Å². The maximum atomic E-state index is 12.2. The molecule has 1 aliphatic rings. The molecule has 0 spiro atoms. The Bertz CT molecular complexity index is 715. The summed E-state index contributed by atoms with van der Waals surface area (Å²) in [5.41, 5.74) is 3.12. The van der Waals surface area contributed by atoms with Gasteiger partial charge in [0.2, 0.25) is 0 Å². The van der Waals surface area contributed by atoms with Gasteiger partial charge in [-0.15, -0.1) is 0 Å². The van der Waals surface area contributed by atoms with Gasteiger partial charge in [0, 0.05) is 39.3 Å². The summed E-state index contributed by atoms with van der Waals surface area (Å²) in [6.07, 6.45) is 0.280. The number of rotatable bonds is 4. The van der Waals surface area contributed by atoms with E-state index in [1.165, 1.54) is 5.56 Å². The normalized spacial score (nSPS) is 21.1. The zero-order chi connectivity index (χ0) is 17.8. The first kappa shape index (κ1) is 17.6. The summed E-state index contributed by atoms with van der Waals surface area (Å²) in [4.78, 5) is 16.2. The molecule has 0 N–H and O–H groups in total. The first-order chi connectivity index (χ1) is 12.0. The van der Waals surface area contributed by atoms with Crippen LogP contribution in [0.4, 0.5) is 0 Å². The molecule has 0 saturated carbocycles. The molecular formula is C21H26N2O2. The fourth-order valence-electron chi connectivity index (χ4n) is 3.34. The highest BCUT2D eigenvalue weighted by Gasteiger charge is 2.26. The Hall–Kier alpha value is -2.17. The highest BCUT2D eigenvalue weighted by molar-refractivity contribution is 5.94. The largest absolute Gasteiger partial charge is 0.368 e. The summed E-state index contributed by atoms with van der Waals surface area (Å²) in [6.45, 7) is 4.70. The van der Waals surface area contributed by atoms with E-state index in [1.54, 1.807) is 19.0 Å². The van der Waals surface area contributed by atoms with Crippen LogP contribution in [0.15, 0.2) is 54.6 Å². The molecule has 0 unspecified atom stereocenters. The monoisotopic (exact) mass is 338 g/mol. The summed E-state index contributed by atoms with van der Waals surface area (Å²) in [7, 11) is 3.56. The maximum absolute atomic E-state index is 12.2. The van der Waals surface area contributed by atoms with E-state index in [4.69, 9.17) is 4.74 Å². The van der Waals surface area contributed by atoms with Crippen molar-refractivity contribution in [1.82, 2.24) is 9.80 Å². The third-order valence-corrected chi connectivity index (χ3v) is 4.49. The summed E-state index contributed by atoms with van der Waals surface area (Å²) in [5.74, 6) is 0.0411. The number of ether oxygens (including phenoxy) is 1. The molecule has 1 saturated heterocycles. The number of amides is 1. The minimum Gasteiger partial charge on any atom is -0.368 e. The predicted molar refractivity (Wildman–Crippen MR) is 99.5 cm³/mol. The number of carbonyl (C=O) groups is 1. The third-order valence-electron chi connectivity index (χ3n) is 4.49. The zero-order valence-electron chi connectivity index (χ0n) is 15.2. The Morgan fingerprint density at radius 1 is 1.12 bits per heavy atom. The predicted octanol–water partition coefficient (Wildman–Crippen LogP) is 3.35. The van der Waals surface area contributed by atoms with Crippen LogP contribution >= 0.6 is 0 Å². The molecule has 132 valence electrons. The SMILES string of the molecule is C[C@@H]1CN(Cc2cccc(C(=O)N(C)C)c2)C[C@H](c2ccccc2)O1.